The lowest BCUT2D eigenvalue weighted by molar-refractivity contribution is 0.0726. The van der Waals surface area contributed by atoms with E-state index in [1.54, 1.807) is 61.7 Å². The highest BCUT2D eigenvalue weighted by Gasteiger charge is 2.17. The van der Waals surface area contributed by atoms with E-state index in [2.05, 4.69) is 42.4 Å². The first-order chi connectivity index (χ1) is 15.9. The summed E-state index contributed by atoms with van der Waals surface area (Å²) < 4.78 is 17.6. The minimum absolute atomic E-state index is 0.244. The smallest absolute Gasteiger partial charge is 0.343 e. The summed E-state index contributed by atoms with van der Waals surface area (Å²) in [5, 5.41) is 4.01. The Morgan fingerprint density at radius 1 is 1.03 bits per heavy atom. The number of carbonyl (C=O) groups is 2. The highest BCUT2D eigenvalue weighted by molar-refractivity contribution is 9.10. The fraction of sp³-hybridized carbons (Fsp3) is 0.125. The first-order valence-electron chi connectivity index (χ1n) is 9.82. The van der Waals surface area contributed by atoms with Gasteiger partial charge in [0, 0.05) is 10.0 Å². The largest absolute Gasteiger partial charge is 0.497 e. The van der Waals surface area contributed by atoms with Crippen LogP contribution in [-0.4, -0.2) is 31.8 Å². The Morgan fingerprint density at radius 2 is 1.79 bits per heavy atom. The first-order valence-corrected chi connectivity index (χ1v) is 11.4. The van der Waals surface area contributed by atoms with Crippen LogP contribution in [0, 0.1) is 0 Å². The molecule has 0 aliphatic rings. The Morgan fingerprint density at radius 3 is 2.45 bits per heavy atom. The molecule has 9 heteroatoms. The molecule has 0 aliphatic carbocycles. The number of halogens is 2. The number of esters is 1. The molecule has 7 nitrogen and oxygen atoms in total. The maximum Gasteiger partial charge on any atom is 0.343 e. The van der Waals surface area contributed by atoms with Gasteiger partial charge in [-0.1, -0.05) is 22.0 Å². The molecule has 0 heterocycles. The summed E-state index contributed by atoms with van der Waals surface area (Å²) in [6, 6.07) is 16.9. The molecule has 0 spiro atoms. The van der Waals surface area contributed by atoms with Crippen LogP contribution in [0.3, 0.4) is 0 Å². The number of nitrogens with zero attached hydrogens (tertiary/aromatic N) is 1. The van der Waals surface area contributed by atoms with Gasteiger partial charge in [-0.3, -0.25) is 4.79 Å². The number of rotatable bonds is 8. The third kappa shape index (κ3) is 6.66. The van der Waals surface area contributed by atoms with Gasteiger partial charge in [-0.15, -0.1) is 0 Å². The van der Waals surface area contributed by atoms with Crippen molar-refractivity contribution in [3.05, 3.63) is 86.3 Å². The zero-order chi connectivity index (χ0) is 23.8. The van der Waals surface area contributed by atoms with E-state index in [1.807, 2.05) is 13.0 Å². The van der Waals surface area contributed by atoms with Gasteiger partial charge in [-0.05, 0) is 83.0 Å². The molecular formula is C24H20Br2N2O5. The van der Waals surface area contributed by atoms with Gasteiger partial charge >= 0.3 is 5.97 Å². The molecule has 3 rings (SSSR count). The van der Waals surface area contributed by atoms with Crippen LogP contribution in [0.25, 0.3) is 0 Å². The van der Waals surface area contributed by atoms with Gasteiger partial charge < -0.3 is 14.2 Å². The number of hydrogen-bond acceptors (Lipinski definition) is 6. The van der Waals surface area contributed by atoms with Gasteiger partial charge in [-0.2, -0.15) is 5.10 Å². The van der Waals surface area contributed by atoms with Gasteiger partial charge in [0.15, 0.2) is 11.5 Å². The Kier molecular flexibility index (Phi) is 8.62. The van der Waals surface area contributed by atoms with E-state index in [4.69, 9.17) is 14.2 Å². The fourth-order valence-electron chi connectivity index (χ4n) is 2.76. The van der Waals surface area contributed by atoms with E-state index in [9.17, 15) is 9.59 Å². The number of nitrogens with one attached hydrogen (secondary N) is 1. The zero-order valence-electron chi connectivity index (χ0n) is 17.8. The monoisotopic (exact) mass is 574 g/mol. The van der Waals surface area contributed by atoms with Gasteiger partial charge in [-0.25, -0.2) is 10.2 Å². The van der Waals surface area contributed by atoms with E-state index in [1.165, 1.54) is 6.21 Å². The Labute approximate surface area is 208 Å². The summed E-state index contributed by atoms with van der Waals surface area (Å²) >= 11 is 6.76. The van der Waals surface area contributed by atoms with Crippen molar-refractivity contribution in [3.8, 4) is 17.2 Å². The SMILES string of the molecule is CCOc1cc(/C=N\NC(=O)c2cccc(Br)c2)cc(Br)c1OC(=O)c1ccc(OC)cc1. The highest BCUT2D eigenvalue weighted by Crippen LogP contribution is 2.37. The van der Waals surface area contributed by atoms with Crippen molar-refractivity contribution in [2.75, 3.05) is 13.7 Å². The molecule has 0 saturated heterocycles. The maximum absolute atomic E-state index is 12.6. The normalized spacial score (nSPS) is 10.7. The van der Waals surface area contributed by atoms with Gasteiger partial charge in [0.25, 0.3) is 5.91 Å². The molecule has 33 heavy (non-hydrogen) atoms. The van der Waals surface area contributed by atoms with Crippen LogP contribution in [0.2, 0.25) is 0 Å². The number of amides is 1. The lowest BCUT2D eigenvalue weighted by Crippen LogP contribution is -2.17. The van der Waals surface area contributed by atoms with E-state index >= 15 is 0 Å². The van der Waals surface area contributed by atoms with Crippen molar-refractivity contribution in [3.63, 3.8) is 0 Å². The van der Waals surface area contributed by atoms with E-state index in [0.717, 1.165) is 4.47 Å². The molecule has 0 aliphatic heterocycles. The molecule has 1 N–H and O–H groups in total. The van der Waals surface area contributed by atoms with Crippen LogP contribution in [0.15, 0.2) is 74.7 Å². The predicted molar refractivity (Wildman–Crippen MR) is 132 cm³/mol. The minimum atomic E-state index is -0.540. The summed E-state index contributed by atoms with van der Waals surface area (Å²) in [5.41, 5.74) is 3.95. The average Bonchev–Trinajstić information content (AvgIpc) is 2.81. The summed E-state index contributed by atoms with van der Waals surface area (Å²) in [7, 11) is 1.55. The summed E-state index contributed by atoms with van der Waals surface area (Å²) in [5.74, 6) is 0.351. The van der Waals surface area contributed by atoms with Gasteiger partial charge in [0.05, 0.1) is 30.0 Å². The highest BCUT2D eigenvalue weighted by atomic mass is 79.9. The van der Waals surface area contributed by atoms with Crippen molar-refractivity contribution in [2.24, 2.45) is 5.10 Å². The van der Waals surface area contributed by atoms with Gasteiger partial charge in [0.1, 0.15) is 5.75 Å². The van der Waals surface area contributed by atoms with Crippen molar-refractivity contribution in [1.82, 2.24) is 5.43 Å². The number of hydrazone groups is 1. The Hall–Kier alpha value is -3.17. The average molecular weight is 576 g/mol. The summed E-state index contributed by atoms with van der Waals surface area (Å²) in [4.78, 5) is 24.8. The number of carbonyl (C=O) groups excluding carboxylic acids is 2. The third-order valence-electron chi connectivity index (χ3n) is 4.32. The van der Waals surface area contributed by atoms with Crippen LogP contribution in [0.5, 0.6) is 17.2 Å². The van der Waals surface area contributed by atoms with Crippen LogP contribution < -0.4 is 19.6 Å². The van der Waals surface area contributed by atoms with E-state index in [0.29, 0.717) is 39.3 Å². The van der Waals surface area contributed by atoms with Crippen molar-refractivity contribution < 1.29 is 23.8 Å². The van der Waals surface area contributed by atoms with Crippen LogP contribution in [0.4, 0.5) is 0 Å². The van der Waals surface area contributed by atoms with E-state index in [-0.39, 0.29) is 11.7 Å². The maximum atomic E-state index is 12.6. The van der Waals surface area contributed by atoms with Crippen LogP contribution in [-0.2, 0) is 0 Å². The molecule has 0 unspecified atom stereocenters. The summed E-state index contributed by atoms with van der Waals surface area (Å²) in [6.45, 7) is 2.18. The van der Waals surface area contributed by atoms with Crippen LogP contribution >= 0.6 is 31.9 Å². The lowest BCUT2D eigenvalue weighted by atomic mass is 10.2. The number of benzene rings is 3. The lowest BCUT2D eigenvalue weighted by Gasteiger charge is -2.13. The molecule has 0 fully saturated rings. The number of ether oxygens (including phenoxy) is 3. The molecular weight excluding hydrogens is 556 g/mol. The second kappa shape index (κ2) is 11.6. The molecule has 170 valence electrons. The standard InChI is InChI=1S/C24H20Br2N2O5/c1-3-32-21-12-15(14-27-28-23(29)17-5-4-6-18(25)13-17)11-20(26)22(21)33-24(30)16-7-9-19(31-2)10-8-16/h4-14H,3H2,1-2H3,(H,28,29)/b27-14-. The van der Waals surface area contributed by atoms with Crippen molar-refractivity contribution in [1.29, 1.82) is 0 Å². The second-order valence-electron chi connectivity index (χ2n) is 6.59. The number of methoxy groups -OCH3 is 1. The zero-order valence-corrected chi connectivity index (χ0v) is 21.0. The number of hydrogen-bond donors (Lipinski definition) is 1. The molecule has 0 atom stereocenters. The molecule has 3 aromatic carbocycles. The molecule has 0 saturated carbocycles. The van der Waals surface area contributed by atoms with Crippen LogP contribution in [0.1, 0.15) is 33.2 Å². The first kappa shape index (κ1) is 24.5. The topological polar surface area (TPSA) is 86.2 Å². The molecule has 0 aromatic heterocycles. The van der Waals surface area contributed by atoms with Crippen molar-refractivity contribution >= 4 is 50.0 Å². The molecule has 0 bridgehead atoms. The quantitative estimate of drug-likeness (QED) is 0.163. The predicted octanol–water partition coefficient (Wildman–Crippen LogP) is 5.60. The molecule has 3 aromatic rings. The van der Waals surface area contributed by atoms with E-state index < -0.39 is 5.97 Å². The summed E-state index contributed by atoms with van der Waals surface area (Å²) in [6.07, 6.45) is 1.47. The van der Waals surface area contributed by atoms with Crippen molar-refractivity contribution in [2.45, 2.75) is 6.92 Å². The minimum Gasteiger partial charge on any atom is -0.497 e. The Balaban J connectivity index is 1.76. The third-order valence-corrected chi connectivity index (χ3v) is 5.40. The molecule has 0 radical (unpaired) electrons. The van der Waals surface area contributed by atoms with Gasteiger partial charge in [0.2, 0.25) is 0 Å². The Bertz CT molecular complexity index is 1180. The molecule has 1 amide bonds. The second-order valence-corrected chi connectivity index (χ2v) is 8.36. The fourth-order valence-corrected chi connectivity index (χ4v) is 3.70.